The summed E-state index contributed by atoms with van der Waals surface area (Å²) in [4.78, 5) is 36.7. The number of rotatable bonds is 5. The van der Waals surface area contributed by atoms with E-state index in [-0.39, 0.29) is 18.9 Å². The molecule has 7 nitrogen and oxygen atoms in total. The number of carbonyl (C=O) groups is 3. The summed E-state index contributed by atoms with van der Waals surface area (Å²) in [5.41, 5.74) is -1.31. The predicted octanol–water partition coefficient (Wildman–Crippen LogP) is 1.25. The molecule has 0 unspecified atom stereocenters. The topological polar surface area (TPSA) is 82.1 Å². The summed E-state index contributed by atoms with van der Waals surface area (Å²) in [5.74, 6) is -1.16. The fourth-order valence-corrected chi connectivity index (χ4v) is 2.33. The lowest BCUT2D eigenvalue weighted by atomic mass is 9.95. The van der Waals surface area contributed by atoms with Gasteiger partial charge in [0.1, 0.15) is 5.75 Å². The molecule has 0 saturated carbocycles. The third kappa shape index (κ3) is 2.61. The number of hydrogen-bond donors (Lipinski definition) is 0. The largest absolute Gasteiger partial charge is 0.497 e. The predicted molar refractivity (Wildman–Crippen MR) is 76.2 cm³/mol. The molecule has 1 aliphatic heterocycles. The zero-order chi connectivity index (χ0) is 16.3. The van der Waals surface area contributed by atoms with Gasteiger partial charge in [-0.2, -0.15) is 0 Å². The van der Waals surface area contributed by atoms with Gasteiger partial charge in [0.05, 0.1) is 20.1 Å². The van der Waals surface area contributed by atoms with Crippen molar-refractivity contribution in [2.45, 2.75) is 26.0 Å². The molecule has 1 aliphatic rings. The Kier molecular flexibility index (Phi) is 4.35. The van der Waals surface area contributed by atoms with E-state index < -0.39 is 17.7 Å². The standard InChI is InChI=1S/C15H17NO6/c1-4-21-14(19)15(22-10(2)17)9-13(18)16(15)11-5-7-12(20-3)8-6-11/h5-8H,4,9H2,1-3H3/t15-/m1/s1. The van der Waals surface area contributed by atoms with E-state index in [2.05, 4.69) is 0 Å². The van der Waals surface area contributed by atoms with Crippen LogP contribution >= 0.6 is 0 Å². The molecule has 0 spiro atoms. The van der Waals surface area contributed by atoms with E-state index in [9.17, 15) is 14.4 Å². The first-order valence-electron chi connectivity index (χ1n) is 6.78. The monoisotopic (exact) mass is 307 g/mol. The van der Waals surface area contributed by atoms with Crippen molar-refractivity contribution < 1.29 is 28.6 Å². The SMILES string of the molecule is CCOC(=O)[C@]1(OC(C)=O)CC(=O)N1c1ccc(OC)cc1. The second-order valence-electron chi connectivity index (χ2n) is 4.70. The highest BCUT2D eigenvalue weighted by atomic mass is 16.6. The Labute approximate surface area is 127 Å². The average molecular weight is 307 g/mol. The van der Waals surface area contributed by atoms with Gasteiger partial charge in [0.25, 0.3) is 5.72 Å². The molecular weight excluding hydrogens is 290 g/mol. The molecule has 1 saturated heterocycles. The average Bonchev–Trinajstić information content (AvgIpc) is 2.46. The number of benzene rings is 1. The third-order valence-electron chi connectivity index (χ3n) is 3.24. The van der Waals surface area contributed by atoms with Crippen LogP contribution in [0.15, 0.2) is 24.3 Å². The van der Waals surface area contributed by atoms with Crippen LogP contribution in [0.25, 0.3) is 0 Å². The van der Waals surface area contributed by atoms with Gasteiger partial charge in [0.2, 0.25) is 5.91 Å². The van der Waals surface area contributed by atoms with Crippen LogP contribution in [-0.2, 0) is 23.9 Å². The summed E-state index contributed by atoms with van der Waals surface area (Å²) in [5, 5.41) is 0. The first kappa shape index (κ1) is 15.8. The van der Waals surface area contributed by atoms with Crippen LogP contribution in [-0.4, -0.2) is 37.3 Å². The third-order valence-corrected chi connectivity index (χ3v) is 3.24. The van der Waals surface area contributed by atoms with Crippen molar-refractivity contribution in [2.75, 3.05) is 18.6 Å². The molecule has 0 radical (unpaired) electrons. The molecule has 118 valence electrons. The summed E-state index contributed by atoms with van der Waals surface area (Å²) >= 11 is 0. The maximum atomic E-state index is 12.2. The lowest BCUT2D eigenvalue weighted by Gasteiger charge is -2.47. The number of β-lactam (4-membered cyclic amide) rings is 1. The van der Waals surface area contributed by atoms with Crippen molar-refractivity contribution >= 4 is 23.5 Å². The summed E-state index contributed by atoms with van der Waals surface area (Å²) in [6, 6.07) is 6.50. The van der Waals surface area contributed by atoms with Gasteiger partial charge in [0, 0.05) is 12.6 Å². The second kappa shape index (κ2) is 6.05. The van der Waals surface area contributed by atoms with E-state index in [0.717, 1.165) is 4.90 Å². The lowest BCUT2D eigenvalue weighted by Crippen LogP contribution is -2.70. The van der Waals surface area contributed by atoms with Crippen LogP contribution in [0.3, 0.4) is 0 Å². The fourth-order valence-electron chi connectivity index (χ4n) is 2.33. The van der Waals surface area contributed by atoms with Crippen LogP contribution in [0.2, 0.25) is 0 Å². The highest BCUT2D eigenvalue weighted by molar-refractivity contribution is 6.11. The zero-order valence-electron chi connectivity index (χ0n) is 12.6. The number of amides is 1. The Morgan fingerprint density at radius 1 is 1.27 bits per heavy atom. The minimum absolute atomic E-state index is 0.118. The molecule has 1 heterocycles. The number of nitrogens with zero attached hydrogens (tertiary/aromatic N) is 1. The molecule has 7 heteroatoms. The summed E-state index contributed by atoms with van der Waals surface area (Å²) in [6.07, 6.45) is -0.239. The molecule has 0 aliphatic carbocycles. The highest BCUT2D eigenvalue weighted by Gasteiger charge is 2.62. The summed E-state index contributed by atoms with van der Waals surface area (Å²) < 4.78 is 15.2. The molecule has 0 N–H and O–H groups in total. The number of ether oxygens (including phenoxy) is 3. The molecule has 1 atom stereocenters. The Hall–Kier alpha value is -2.57. The van der Waals surface area contributed by atoms with Crippen LogP contribution in [0.5, 0.6) is 5.75 Å². The molecule has 1 amide bonds. The van der Waals surface area contributed by atoms with Crippen molar-refractivity contribution in [1.82, 2.24) is 0 Å². The van der Waals surface area contributed by atoms with Gasteiger partial charge in [-0.05, 0) is 31.2 Å². The van der Waals surface area contributed by atoms with Gasteiger partial charge in [-0.1, -0.05) is 0 Å². The molecule has 22 heavy (non-hydrogen) atoms. The van der Waals surface area contributed by atoms with Gasteiger partial charge in [0.15, 0.2) is 0 Å². The van der Waals surface area contributed by atoms with E-state index in [0.29, 0.717) is 11.4 Å². The van der Waals surface area contributed by atoms with Gasteiger partial charge < -0.3 is 14.2 Å². The Balaban J connectivity index is 2.38. The van der Waals surface area contributed by atoms with E-state index >= 15 is 0 Å². The van der Waals surface area contributed by atoms with Gasteiger partial charge in [-0.15, -0.1) is 0 Å². The van der Waals surface area contributed by atoms with Gasteiger partial charge >= 0.3 is 11.9 Å². The van der Waals surface area contributed by atoms with Crippen molar-refractivity contribution in [3.05, 3.63) is 24.3 Å². The normalized spacial score (nSPS) is 20.1. The first-order chi connectivity index (χ1) is 10.4. The summed E-state index contributed by atoms with van der Waals surface area (Å²) in [6.45, 7) is 2.93. The minimum atomic E-state index is -1.73. The molecule has 0 bridgehead atoms. The molecule has 1 aromatic carbocycles. The van der Waals surface area contributed by atoms with E-state index in [4.69, 9.17) is 14.2 Å². The zero-order valence-corrected chi connectivity index (χ0v) is 12.6. The smallest absolute Gasteiger partial charge is 0.373 e. The Morgan fingerprint density at radius 3 is 2.36 bits per heavy atom. The second-order valence-corrected chi connectivity index (χ2v) is 4.70. The maximum absolute atomic E-state index is 12.2. The Bertz CT molecular complexity index is 597. The number of carbonyl (C=O) groups excluding carboxylic acids is 3. The van der Waals surface area contributed by atoms with Crippen LogP contribution < -0.4 is 9.64 Å². The number of esters is 2. The summed E-state index contributed by atoms with van der Waals surface area (Å²) in [7, 11) is 1.52. The number of hydrogen-bond acceptors (Lipinski definition) is 6. The minimum Gasteiger partial charge on any atom is -0.497 e. The van der Waals surface area contributed by atoms with Crippen molar-refractivity contribution in [3.63, 3.8) is 0 Å². The maximum Gasteiger partial charge on any atom is 0.373 e. The molecule has 1 fully saturated rings. The molecule has 0 aromatic heterocycles. The molecule has 2 rings (SSSR count). The molecular formula is C15H17NO6. The van der Waals surface area contributed by atoms with Crippen molar-refractivity contribution in [2.24, 2.45) is 0 Å². The molecule has 1 aromatic rings. The van der Waals surface area contributed by atoms with Gasteiger partial charge in [-0.25, -0.2) is 4.79 Å². The van der Waals surface area contributed by atoms with Crippen LogP contribution in [0, 0.1) is 0 Å². The first-order valence-corrected chi connectivity index (χ1v) is 6.78. The van der Waals surface area contributed by atoms with Crippen LogP contribution in [0.4, 0.5) is 5.69 Å². The van der Waals surface area contributed by atoms with E-state index in [1.54, 1.807) is 31.2 Å². The quantitative estimate of drug-likeness (QED) is 0.601. The fraction of sp³-hybridized carbons (Fsp3) is 0.400. The van der Waals surface area contributed by atoms with E-state index in [1.807, 2.05) is 0 Å². The number of anilines is 1. The van der Waals surface area contributed by atoms with E-state index in [1.165, 1.54) is 14.0 Å². The van der Waals surface area contributed by atoms with Crippen LogP contribution in [0.1, 0.15) is 20.3 Å². The number of methoxy groups -OCH3 is 1. The van der Waals surface area contributed by atoms with Crippen molar-refractivity contribution in [1.29, 1.82) is 0 Å². The Morgan fingerprint density at radius 2 is 1.91 bits per heavy atom. The van der Waals surface area contributed by atoms with Gasteiger partial charge in [-0.3, -0.25) is 14.5 Å². The highest BCUT2D eigenvalue weighted by Crippen LogP contribution is 2.39. The lowest BCUT2D eigenvalue weighted by molar-refractivity contribution is -0.191. The van der Waals surface area contributed by atoms with Crippen molar-refractivity contribution in [3.8, 4) is 5.75 Å².